The number of piperidine rings is 1. The Labute approximate surface area is 190 Å². The fourth-order valence-corrected chi connectivity index (χ4v) is 8.59. The summed E-state index contributed by atoms with van der Waals surface area (Å²) < 4.78 is 8.77. The summed E-state index contributed by atoms with van der Waals surface area (Å²) in [5.41, 5.74) is 3.67. The molecule has 1 fully saturated rings. The van der Waals surface area contributed by atoms with Crippen LogP contribution in [0.25, 0.3) is 0 Å². The maximum Gasteiger partial charge on any atom is 0.258 e. The van der Waals surface area contributed by atoms with Gasteiger partial charge in [-0.05, 0) is 73.6 Å². The lowest BCUT2D eigenvalue weighted by molar-refractivity contribution is 0.240. The zero-order valence-corrected chi connectivity index (χ0v) is 20.0. The molecule has 0 N–H and O–H groups in total. The van der Waals surface area contributed by atoms with Crippen LogP contribution in [-0.4, -0.2) is 23.7 Å². The number of likely N-dealkylation sites (tertiary alicyclic amines) is 1. The van der Waals surface area contributed by atoms with E-state index in [1.807, 2.05) is 53.3 Å². The Morgan fingerprint density at radius 1 is 0.903 bits per heavy atom. The van der Waals surface area contributed by atoms with Crippen molar-refractivity contribution in [2.75, 3.05) is 17.9 Å². The minimum atomic E-state index is -2.63. The molecule has 0 aromatic heterocycles. The van der Waals surface area contributed by atoms with Crippen LogP contribution in [0.1, 0.15) is 46.0 Å². The lowest BCUT2D eigenvalue weighted by Gasteiger charge is -2.41. The zero-order valence-electron chi connectivity index (χ0n) is 18.3. The average molecular weight is 452 g/mol. The van der Waals surface area contributed by atoms with Crippen molar-refractivity contribution >= 4 is 29.6 Å². The van der Waals surface area contributed by atoms with Crippen LogP contribution in [0.5, 0.6) is 5.75 Å². The van der Waals surface area contributed by atoms with Gasteiger partial charge in [0.2, 0.25) is 0 Å². The monoisotopic (exact) mass is 451 g/mol. The van der Waals surface area contributed by atoms with Crippen LogP contribution in [-0.2, 0) is 11.8 Å². The highest BCUT2D eigenvalue weighted by molar-refractivity contribution is 8.15. The molecule has 0 spiro atoms. The van der Waals surface area contributed by atoms with Gasteiger partial charge in [-0.15, -0.1) is 0 Å². The van der Waals surface area contributed by atoms with Gasteiger partial charge in [0.25, 0.3) is 6.42 Å². The predicted molar refractivity (Wildman–Crippen MR) is 133 cm³/mol. The van der Waals surface area contributed by atoms with Gasteiger partial charge in [0.05, 0.1) is 16.7 Å². The third-order valence-corrected chi connectivity index (χ3v) is 9.88. The Kier molecular flexibility index (Phi) is 5.44. The van der Waals surface area contributed by atoms with Gasteiger partial charge < -0.3 is 9.42 Å². The fraction of sp³-hybridized carbons (Fsp3) is 0.400. The summed E-state index contributed by atoms with van der Waals surface area (Å²) in [6.45, 7) is 6.91. The number of rotatable bonds is 4. The van der Waals surface area contributed by atoms with Gasteiger partial charge in [0.1, 0.15) is 5.75 Å². The van der Waals surface area contributed by atoms with Gasteiger partial charge in [0, 0.05) is 18.8 Å². The van der Waals surface area contributed by atoms with Crippen molar-refractivity contribution in [3.8, 4) is 5.75 Å². The first-order chi connectivity index (χ1) is 15.0. The molecular weight excluding hydrogens is 421 g/mol. The molecule has 1 aliphatic carbocycles. The van der Waals surface area contributed by atoms with Gasteiger partial charge in [-0.2, -0.15) is 9.88 Å². The second-order valence-corrected chi connectivity index (χ2v) is 13.0. The summed E-state index contributed by atoms with van der Waals surface area (Å²) in [4.78, 5) is 2.58. The Hall–Kier alpha value is -2.10. The highest BCUT2D eigenvalue weighted by Gasteiger charge is 2.49. The smallest absolute Gasteiger partial charge is 0.258 e. The Morgan fingerprint density at radius 3 is 2.23 bits per heavy atom. The molecule has 3 aliphatic rings. The van der Waals surface area contributed by atoms with Crippen LogP contribution in [0.2, 0.25) is 0 Å². The zero-order chi connectivity index (χ0) is 21.5. The van der Waals surface area contributed by atoms with Gasteiger partial charge in [-0.25, -0.2) is 0 Å². The Bertz CT molecular complexity index is 1060. The summed E-state index contributed by atoms with van der Waals surface area (Å²) in [5.74, 6) is 0.818. The Balaban J connectivity index is 1.68. The lowest BCUT2D eigenvalue weighted by atomic mass is 9.78. The second kappa shape index (κ2) is 8.11. The van der Waals surface area contributed by atoms with E-state index in [1.54, 1.807) is 0 Å². The average Bonchev–Trinajstić information content (AvgIpc) is 3.06. The number of hydrogen-bond donors (Lipinski definition) is 0. The summed E-state index contributed by atoms with van der Waals surface area (Å²) >= 11 is 6.49. The lowest BCUT2D eigenvalue weighted by Crippen LogP contribution is -2.36. The SMILES string of the molecule is CC1(C)CC2=NN(c3ccccc3)P(=S)(Oc3ccccc3)C2=C(N2CCCCC2)C1. The van der Waals surface area contributed by atoms with E-state index < -0.39 is 6.42 Å². The van der Waals surface area contributed by atoms with Crippen LogP contribution in [0.15, 0.2) is 76.8 Å². The molecule has 0 radical (unpaired) electrons. The number of benzene rings is 2. The number of fused-ring (bicyclic) bond motifs is 1. The van der Waals surface area contributed by atoms with E-state index in [-0.39, 0.29) is 5.41 Å². The highest BCUT2D eigenvalue weighted by Crippen LogP contribution is 2.67. The van der Waals surface area contributed by atoms with E-state index in [2.05, 4.69) is 30.9 Å². The molecule has 1 atom stereocenters. The molecule has 5 rings (SSSR count). The second-order valence-electron chi connectivity index (χ2n) is 9.46. The third-order valence-electron chi connectivity index (χ3n) is 6.28. The largest absolute Gasteiger partial charge is 0.443 e. The third kappa shape index (κ3) is 3.94. The molecule has 6 heteroatoms. The molecule has 162 valence electrons. The number of allylic oxidation sites excluding steroid dienone is 2. The van der Waals surface area contributed by atoms with Crippen LogP contribution in [0.4, 0.5) is 5.69 Å². The normalized spacial score (nSPS) is 25.3. The minimum absolute atomic E-state index is 0.161. The number of hydrazone groups is 1. The van der Waals surface area contributed by atoms with Crippen molar-refractivity contribution in [3.05, 3.63) is 71.7 Å². The van der Waals surface area contributed by atoms with Crippen molar-refractivity contribution < 1.29 is 4.52 Å². The number of nitrogens with zero attached hydrogens (tertiary/aromatic N) is 3. The number of para-hydroxylation sites is 2. The highest BCUT2D eigenvalue weighted by atomic mass is 32.4. The van der Waals surface area contributed by atoms with Crippen LogP contribution in [0.3, 0.4) is 0 Å². The molecule has 2 aliphatic heterocycles. The maximum absolute atomic E-state index is 6.74. The van der Waals surface area contributed by atoms with E-state index in [0.29, 0.717) is 0 Å². The van der Waals surface area contributed by atoms with E-state index in [0.717, 1.165) is 43.1 Å². The van der Waals surface area contributed by atoms with E-state index in [4.69, 9.17) is 21.4 Å². The van der Waals surface area contributed by atoms with Crippen LogP contribution >= 0.6 is 6.42 Å². The first-order valence-corrected chi connectivity index (χ1v) is 13.9. The van der Waals surface area contributed by atoms with Crippen LogP contribution < -0.4 is 9.30 Å². The van der Waals surface area contributed by atoms with Crippen molar-refractivity contribution in [1.82, 2.24) is 4.90 Å². The van der Waals surface area contributed by atoms with Crippen molar-refractivity contribution in [1.29, 1.82) is 0 Å². The van der Waals surface area contributed by atoms with Gasteiger partial charge >= 0.3 is 0 Å². The molecular formula is C25H30N3OPS. The van der Waals surface area contributed by atoms with Crippen molar-refractivity contribution in [2.24, 2.45) is 10.5 Å². The standard InChI is InChI=1S/C25H30N3OPS/c1-25(2)18-22-24(23(19-25)27-16-10-5-11-17-27)30(31,29-21-14-8-4-9-15-21)28(26-22)20-12-6-3-7-13-20/h3-4,6-9,12-15H,5,10-11,16-19H2,1-2H3. The maximum atomic E-state index is 6.74. The molecule has 0 amide bonds. The molecule has 1 saturated heterocycles. The summed E-state index contributed by atoms with van der Waals surface area (Å²) in [6, 6.07) is 20.3. The summed E-state index contributed by atoms with van der Waals surface area (Å²) in [6.07, 6.45) is 3.13. The molecule has 4 nitrogen and oxygen atoms in total. The van der Waals surface area contributed by atoms with Crippen LogP contribution in [0, 0.1) is 5.41 Å². The van der Waals surface area contributed by atoms with E-state index in [1.165, 1.54) is 30.3 Å². The molecule has 0 bridgehead atoms. The number of hydrogen-bond acceptors (Lipinski definition) is 4. The molecule has 2 heterocycles. The molecule has 1 unspecified atom stereocenters. The van der Waals surface area contributed by atoms with E-state index >= 15 is 0 Å². The molecule has 31 heavy (non-hydrogen) atoms. The minimum Gasteiger partial charge on any atom is -0.443 e. The predicted octanol–water partition coefficient (Wildman–Crippen LogP) is 6.77. The summed E-state index contributed by atoms with van der Waals surface area (Å²) in [5, 5.41) is 6.36. The quantitative estimate of drug-likeness (QED) is 0.480. The van der Waals surface area contributed by atoms with Gasteiger partial charge in [-0.1, -0.05) is 50.2 Å². The Morgan fingerprint density at radius 2 is 1.55 bits per heavy atom. The van der Waals surface area contributed by atoms with Crippen molar-refractivity contribution in [3.63, 3.8) is 0 Å². The molecule has 2 aromatic carbocycles. The van der Waals surface area contributed by atoms with Crippen molar-refractivity contribution in [2.45, 2.75) is 46.0 Å². The van der Waals surface area contributed by atoms with Gasteiger partial charge in [0.15, 0.2) is 0 Å². The first-order valence-electron chi connectivity index (χ1n) is 11.2. The fourth-order valence-electron chi connectivity index (χ4n) is 4.88. The summed E-state index contributed by atoms with van der Waals surface area (Å²) in [7, 11) is 0. The molecule has 2 aromatic rings. The number of anilines is 1. The molecule has 0 saturated carbocycles. The van der Waals surface area contributed by atoms with Gasteiger partial charge in [-0.3, -0.25) is 0 Å². The van der Waals surface area contributed by atoms with E-state index in [9.17, 15) is 0 Å². The first kappa shape index (κ1) is 20.8. The topological polar surface area (TPSA) is 28.1 Å².